The topological polar surface area (TPSA) is 96.4 Å². The Morgan fingerprint density at radius 2 is 1.58 bits per heavy atom. The van der Waals surface area contributed by atoms with Gasteiger partial charge in [-0.05, 0) is 138 Å². The summed E-state index contributed by atoms with van der Waals surface area (Å²) in [5.41, 5.74) is 2.54. The van der Waals surface area contributed by atoms with Crippen LogP contribution in [0.5, 0.6) is 5.75 Å². The molecular formula is C38H56N2O7Si3. The van der Waals surface area contributed by atoms with Gasteiger partial charge in [-0.15, -0.1) is 0 Å². The molecule has 50 heavy (non-hydrogen) atoms. The molecule has 2 aromatic carbocycles. The van der Waals surface area contributed by atoms with E-state index in [2.05, 4.69) is 62.6 Å². The molecule has 1 aromatic heterocycles. The van der Waals surface area contributed by atoms with E-state index in [0.29, 0.717) is 29.4 Å². The van der Waals surface area contributed by atoms with Crippen molar-refractivity contribution in [1.29, 1.82) is 0 Å². The van der Waals surface area contributed by atoms with Gasteiger partial charge in [0.2, 0.25) is 0 Å². The number of aromatic nitrogens is 1. The van der Waals surface area contributed by atoms with Crippen molar-refractivity contribution in [2.24, 2.45) is 11.8 Å². The van der Waals surface area contributed by atoms with Gasteiger partial charge >= 0.3 is 20.5 Å². The predicted octanol–water partition coefficient (Wildman–Crippen LogP) is 8.58. The molecule has 3 saturated heterocycles. The van der Waals surface area contributed by atoms with Crippen LogP contribution < -0.4 is 4.74 Å². The second-order valence-corrected chi connectivity index (χ2v) is 28.9. The lowest BCUT2D eigenvalue weighted by molar-refractivity contribution is -0.0659. The minimum atomic E-state index is -2.40. The Balaban J connectivity index is 1.28. The Bertz CT molecular complexity index is 1620. The maximum atomic E-state index is 13.8. The molecule has 9 nitrogen and oxygen atoms in total. The summed E-state index contributed by atoms with van der Waals surface area (Å²) in [5, 5.41) is 0.916. The molecule has 0 aliphatic carbocycles. The van der Waals surface area contributed by atoms with E-state index in [-0.39, 0.29) is 12.6 Å². The molecule has 6 rings (SSSR count). The van der Waals surface area contributed by atoms with E-state index in [1.807, 2.05) is 24.3 Å². The molecule has 3 aromatic rings. The molecule has 0 radical (unpaired) electrons. The average Bonchev–Trinajstić information content (AvgIpc) is 3.07. The Kier molecular flexibility index (Phi) is 12.1. The van der Waals surface area contributed by atoms with Crippen LogP contribution in [-0.2, 0) is 17.7 Å². The molecule has 0 amide bonds. The molecule has 12 heteroatoms. The molecule has 2 bridgehead atoms. The first-order valence-corrected chi connectivity index (χ1v) is 27.5. The van der Waals surface area contributed by atoms with Gasteiger partial charge in [-0.25, -0.2) is 9.59 Å². The first-order valence-electron chi connectivity index (χ1n) is 18.1. The summed E-state index contributed by atoms with van der Waals surface area (Å²) in [7, 11) is -4.36. The highest BCUT2D eigenvalue weighted by atomic mass is 28.5. The van der Waals surface area contributed by atoms with Crippen LogP contribution in [0, 0.1) is 11.8 Å². The smallest absolute Gasteiger partial charge is 0.338 e. The number of piperidine rings is 3. The number of esters is 2. The van der Waals surface area contributed by atoms with Gasteiger partial charge in [0, 0.05) is 23.7 Å². The fourth-order valence-corrected chi connectivity index (χ4v) is 20.3. The van der Waals surface area contributed by atoms with Gasteiger partial charge in [0.25, 0.3) is 0 Å². The van der Waals surface area contributed by atoms with Gasteiger partial charge in [0.15, 0.2) is 16.6 Å². The zero-order valence-corrected chi connectivity index (χ0v) is 34.4. The number of methoxy groups -OCH3 is 1. The van der Waals surface area contributed by atoms with Crippen LogP contribution in [0.25, 0.3) is 10.9 Å². The number of fused-ring (bicyclic) bond motifs is 4. The first kappa shape index (κ1) is 38.4. The van der Waals surface area contributed by atoms with E-state index in [1.165, 1.54) is 6.42 Å². The largest absolute Gasteiger partial charge is 0.497 e. The van der Waals surface area contributed by atoms with Crippen molar-refractivity contribution in [1.82, 2.24) is 9.88 Å². The highest BCUT2D eigenvalue weighted by Crippen LogP contribution is 2.44. The lowest BCUT2D eigenvalue weighted by atomic mass is 9.72. The van der Waals surface area contributed by atoms with Crippen LogP contribution in [-0.4, -0.2) is 79.9 Å². The van der Waals surface area contributed by atoms with Gasteiger partial charge in [-0.2, -0.15) is 0 Å². The Labute approximate surface area is 301 Å². The van der Waals surface area contributed by atoms with Crippen LogP contribution in [0.1, 0.15) is 65.0 Å². The molecule has 1 unspecified atom stereocenters. The molecule has 4 heterocycles. The molecule has 0 saturated carbocycles. The summed E-state index contributed by atoms with van der Waals surface area (Å²) < 4.78 is 30.8. The molecule has 272 valence electrons. The van der Waals surface area contributed by atoms with Crippen molar-refractivity contribution >= 4 is 48.0 Å². The van der Waals surface area contributed by atoms with Gasteiger partial charge < -0.3 is 22.4 Å². The summed E-state index contributed by atoms with van der Waals surface area (Å²) in [6, 6.07) is 15.2. The Hall–Kier alpha value is -2.88. The van der Waals surface area contributed by atoms with E-state index in [0.717, 1.165) is 54.2 Å². The first-order chi connectivity index (χ1) is 23.6. The van der Waals surface area contributed by atoms with E-state index in [1.54, 1.807) is 37.6 Å². The summed E-state index contributed by atoms with van der Waals surface area (Å²) in [6.07, 6.45) is 5.28. The lowest BCUT2D eigenvalue weighted by Crippen LogP contribution is -2.55. The van der Waals surface area contributed by atoms with Crippen LogP contribution in [0.15, 0.2) is 54.7 Å². The van der Waals surface area contributed by atoms with Crippen molar-refractivity contribution in [2.75, 3.05) is 26.8 Å². The number of carbonyl (C=O) groups excluding carboxylic acids is 2. The third-order valence-electron chi connectivity index (χ3n) is 9.74. The van der Waals surface area contributed by atoms with E-state index in [4.69, 9.17) is 22.4 Å². The Morgan fingerprint density at radius 1 is 0.920 bits per heavy atom. The number of carbonyl (C=O) groups is 2. The summed E-state index contributed by atoms with van der Waals surface area (Å²) >= 11 is 0. The number of nitrogens with zero attached hydrogens (tertiary/aromatic N) is 2. The quantitative estimate of drug-likeness (QED) is 0.0864. The second-order valence-electron chi connectivity index (χ2n) is 16.0. The second kappa shape index (κ2) is 15.8. The molecule has 3 fully saturated rings. The lowest BCUT2D eigenvalue weighted by Gasteiger charge is -2.51. The Morgan fingerprint density at radius 3 is 2.16 bits per heavy atom. The number of ether oxygens (including phenoxy) is 3. The van der Waals surface area contributed by atoms with Crippen LogP contribution in [0.4, 0.5) is 0 Å². The standard InChI is InChI=1S/C38H56N2O7Si3/c1-10-27-26-40-21-19-30(27)24-35(40)36(32-18-20-39-34-17-16-31(43-2)25-33(32)34)45-38(42)29-14-12-28(13-15-29)37(41)44-22-11-23-50(9,46-48(3,4)5)47-49(6,7)8/h12-18,20,25,27,30,35-36H,10-11,19,21-24,26H2,1-9H3/t27-,30-,35+,36-/m0/s1. The van der Waals surface area contributed by atoms with Crippen LogP contribution in [0.3, 0.4) is 0 Å². The maximum absolute atomic E-state index is 13.8. The van der Waals surface area contributed by atoms with Crippen molar-refractivity contribution < 1.29 is 32.0 Å². The zero-order valence-electron chi connectivity index (χ0n) is 31.4. The minimum Gasteiger partial charge on any atom is -0.497 e. The molecule has 0 N–H and O–H groups in total. The number of rotatable bonds is 15. The molecule has 3 aliphatic heterocycles. The molecule has 0 spiro atoms. The summed E-state index contributed by atoms with van der Waals surface area (Å²) in [6.45, 7) is 19.8. The molecule has 5 atom stereocenters. The minimum absolute atomic E-state index is 0.0590. The average molecular weight is 737 g/mol. The highest BCUT2D eigenvalue weighted by Gasteiger charge is 2.45. The third kappa shape index (κ3) is 9.71. The fourth-order valence-electron chi connectivity index (χ4n) is 7.81. The molecule has 3 aliphatic rings. The molecular weight excluding hydrogens is 681 g/mol. The fraction of sp³-hybridized carbons (Fsp3) is 0.553. The summed E-state index contributed by atoms with van der Waals surface area (Å²) in [4.78, 5) is 33.9. The monoisotopic (exact) mass is 736 g/mol. The number of pyridine rings is 1. The van der Waals surface area contributed by atoms with Crippen molar-refractivity contribution in [2.45, 2.75) is 96.6 Å². The van der Waals surface area contributed by atoms with Gasteiger partial charge in [-0.1, -0.05) is 13.3 Å². The predicted molar refractivity (Wildman–Crippen MR) is 205 cm³/mol. The SMILES string of the molecule is CC[C@H]1CN2CC[C@H]1C[C@@H]2[C@@H](OC(=O)c1ccc(C(=O)OCCC[Si](C)(O[Si](C)(C)C)O[Si](C)(C)C)cc1)c1ccnc2ccc(OC)cc12. The van der Waals surface area contributed by atoms with Gasteiger partial charge in [0.05, 0.1) is 36.4 Å². The highest BCUT2D eigenvalue weighted by molar-refractivity contribution is 6.87. The summed E-state index contributed by atoms with van der Waals surface area (Å²) in [5.74, 6) is 1.16. The van der Waals surface area contributed by atoms with Gasteiger partial charge in [-0.3, -0.25) is 9.88 Å². The van der Waals surface area contributed by atoms with Crippen molar-refractivity contribution in [3.05, 3.63) is 71.4 Å². The van der Waals surface area contributed by atoms with Crippen molar-refractivity contribution in [3.8, 4) is 5.75 Å². The maximum Gasteiger partial charge on any atom is 0.338 e. The van der Waals surface area contributed by atoms with E-state index >= 15 is 0 Å². The number of hydrogen-bond acceptors (Lipinski definition) is 9. The van der Waals surface area contributed by atoms with Gasteiger partial charge in [0.1, 0.15) is 11.9 Å². The normalized spacial score (nSPS) is 21.5. The van der Waals surface area contributed by atoms with Crippen molar-refractivity contribution in [3.63, 3.8) is 0 Å². The zero-order chi connectivity index (χ0) is 36.3. The van der Waals surface area contributed by atoms with E-state index in [9.17, 15) is 9.59 Å². The number of hydrogen-bond donors (Lipinski definition) is 0. The number of benzene rings is 2. The van der Waals surface area contributed by atoms with E-state index < -0.39 is 43.2 Å². The van der Waals surface area contributed by atoms with Crippen LogP contribution in [0.2, 0.25) is 51.9 Å². The van der Waals surface area contributed by atoms with Crippen LogP contribution >= 0.6 is 0 Å². The third-order valence-corrected chi connectivity index (χ3v) is 19.4.